The Bertz CT molecular complexity index is 434. The second-order valence-electron chi connectivity index (χ2n) is 4.36. The first-order valence-electron chi connectivity index (χ1n) is 6.81. The molecule has 1 rings (SSSR count). The Kier molecular flexibility index (Phi) is 7.64. The van der Waals surface area contributed by atoms with Crippen LogP contribution in [0.3, 0.4) is 0 Å². The zero-order chi connectivity index (χ0) is 14.8. The van der Waals surface area contributed by atoms with E-state index in [1.807, 2.05) is 5.38 Å². The maximum Gasteiger partial charge on any atom is 0.314 e. The van der Waals surface area contributed by atoms with E-state index in [-0.39, 0.29) is 11.9 Å². The molecule has 3 N–H and O–H groups in total. The second-order valence-corrected chi connectivity index (χ2v) is 5.30. The number of urea groups is 1. The van der Waals surface area contributed by atoms with Crippen molar-refractivity contribution in [1.82, 2.24) is 20.9 Å². The second kappa shape index (κ2) is 9.30. The van der Waals surface area contributed by atoms with Crippen molar-refractivity contribution in [2.24, 2.45) is 0 Å². The Morgan fingerprint density at radius 2 is 1.90 bits per heavy atom. The molecule has 7 heteroatoms. The van der Waals surface area contributed by atoms with Crippen LogP contribution in [0.4, 0.5) is 4.79 Å². The summed E-state index contributed by atoms with van der Waals surface area (Å²) in [4.78, 5) is 26.5. The van der Waals surface area contributed by atoms with Crippen LogP contribution in [-0.4, -0.2) is 36.6 Å². The van der Waals surface area contributed by atoms with Crippen LogP contribution in [0.25, 0.3) is 0 Å². The largest absolute Gasteiger partial charge is 0.356 e. The Labute approximate surface area is 123 Å². The number of carbonyl (C=O) groups excluding carboxylic acids is 2. The topological polar surface area (TPSA) is 83.1 Å². The number of aromatic nitrogens is 1. The van der Waals surface area contributed by atoms with Gasteiger partial charge in [-0.1, -0.05) is 6.92 Å². The van der Waals surface area contributed by atoms with Crippen LogP contribution in [0.1, 0.15) is 31.0 Å². The van der Waals surface area contributed by atoms with Gasteiger partial charge in [-0.25, -0.2) is 9.78 Å². The lowest BCUT2D eigenvalue weighted by molar-refractivity contribution is -0.118. The molecular weight excluding hydrogens is 276 g/mol. The van der Waals surface area contributed by atoms with Crippen molar-refractivity contribution in [3.63, 3.8) is 0 Å². The number of carbonyl (C=O) groups is 2. The van der Waals surface area contributed by atoms with Crippen molar-refractivity contribution in [2.75, 3.05) is 19.6 Å². The number of nitrogens with zero attached hydrogens (tertiary/aromatic N) is 1. The molecule has 0 radical (unpaired) electrons. The van der Waals surface area contributed by atoms with E-state index < -0.39 is 0 Å². The number of nitrogens with one attached hydrogen (secondary N) is 3. The third kappa shape index (κ3) is 7.08. The van der Waals surface area contributed by atoms with Crippen molar-refractivity contribution in [2.45, 2.75) is 33.1 Å². The monoisotopic (exact) mass is 298 g/mol. The van der Waals surface area contributed by atoms with Crippen LogP contribution in [-0.2, 0) is 17.6 Å². The molecule has 0 atom stereocenters. The van der Waals surface area contributed by atoms with E-state index in [2.05, 4.69) is 27.9 Å². The molecule has 0 aliphatic heterocycles. The first kappa shape index (κ1) is 16.4. The van der Waals surface area contributed by atoms with Crippen LogP contribution in [0, 0.1) is 0 Å². The van der Waals surface area contributed by atoms with E-state index in [0.29, 0.717) is 19.6 Å². The van der Waals surface area contributed by atoms with Crippen molar-refractivity contribution in [3.05, 3.63) is 16.1 Å². The molecule has 1 heterocycles. The molecule has 1 aromatic heterocycles. The molecule has 0 unspecified atom stereocenters. The molecular formula is C13H22N4O2S. The molecule has 1 aromatic rings. The number of amides is 3. The minimum Gasteiger partial charge on any atom is -0.356 e. The van der Waals surface area contributed by atoms with Crippen molar-refractivity contribution in [1.29, 1.82) is 0 Å². The van der Waals surface area contributed by atoms with Crippen LogP contribution in [0.5, 0.6) is 0 Å². The van der Waals surface area contributed by atoms with Gasteiger partial charge < -0.3 is 16.0 Å². The highest BCUT2D eigenvalue weighted by molar-refractivity contribution is 7.09. The van der Waals surface area contributed by atoms with Crippen LogP contribution in [0.15, 0.2) is 5.38 Å². The van der Waals surface area contributed by atoms with Gasteiger partial charge >= 0.3 is 6.03 Å². The molecule has 20 heavy (non-hydrogen) atoms. The predicted octanol–water partition coefficient (Wildman–Crippen LogP) is 1.07. The first-order chi connectivity index (χ1) is 9.61. The maximum absolute atomic E-state index is 11.5. The minimum atomic E-state index is -0.182. The minimum absolute atomic E-state index is 0.0517. The van der Waals surface area contributed by atoms with Gasteiger partial charge in [0.1, 0.15) is 0 Å². The van der Waals surface area contributed by atoms with Crippen molar-refractivity contribution in [3.8, 4) is 0 Å². The van der Waals surface area contributed by atoms with E-state index in [1.165, 1.54) is 6.92 Å². The third-order valence-corrected chi connectivity index (χ3v) is 3.62. The molecule has 3 amide bonds. The highest BCUT2D eigenvalue weighted by Gasteiger charge is 2.02. The van der Waals surface area contributed by atoms with Crippen LogP contribution in [0.2, 0.25) is 0 Å². The Balaban J connectivity index is 2.03. The normalized spacial score (nSPS) is 10.1. The van der Waals surface area contributed by atoms with E-state index >= 15 is 0 Å². The molecule has 0 bridgehead atoms. The lowest BCUT2D eigenvalue weighted by Crippen LogP contribution is -2.38. The summed E-state index contributed by atoms with van der Waals surface area (Å²) in [5, 5.41) is 11.4. The van der Waals surface area contributed by atoms with Gasteiger partial charge in [-0.2, -0.15) is 0 Å². The zero-order valence-corrected chi connectivity index (χ0v) is 12.8. The highest BCUT2D eigenvalue weighted by Crippen LogP contribution is 2.09. The number of hydrogen-bond acceptors (Lipinski definition) is 4. The summed E-state index contributed by atoms with van der Waals surface area (Å²) in [6.45, 7) is 5.25. The molecule has 0 aliphatic rings. The Morgan fingerprint density at radius 1 is 1.20 bits per heavy atom. The lowest BCUT2D eigenvalue weighted by Gasteiger charge is -2.07. The van der Waals surface area contributed by atoms with Gasteiger partial charge in [-0.15, -0.1) is 11.3 Å². The van der Waals surface area contributed by atoms with Crippen LogP contribution >= 0.6 is 11.3 Å². The van der Waals surface area contributed by atoms with Gasteiger partial charge in [-0.05, 0) is 12.8 Å². The first-order valence-corrected chi connectivity index (χ1v) is 7.69. The van der Waals surface area contributed by atoms with E-state index in [1.54, 1.807) is 11.3 Å². The van der Waals surface area contributed by atoms with Gasteiger partial charge in [0, 0.05) is 38.4 Å². The standard InChI is InChI=1S/C13H22N4O2S/c1-3-12-17-11(9-20-12)5-8-16-13(19)15-7-4-6-14-10(2)18/h9H,3-8H2,1-2H3,(H,14,18)(H2,15,16,19). The van der Waals surface area contributed by atoms with E-state index in [4.69, 9.17) is 0 Å². The molecule has 0 saturated heterocycles. The quantitative estimate of drug-likeness (QED) is 0.628. The Hall–Kier alpha value is -1.63. The molecule has 0 spiro atoms. The molecule has 0 aromatic carbocycles. The Morgan fingerprint density at radius 3 is 2.55 bits per heavy atom. The van der Waals surface area contributed by atoms with Crippen LogP contribution < -0.4 is 16.0 Å². The fourth-order valence-corrected chi connectivity index (χ4v) is 2.33. The molecule has 6 nitrogen and oxygen atoms in total. The van der Waals surface area contributed by atoms with Gasteiger partial charge in [0.25, 0.3) is 0 Å². The average molecular weight is 298 g/mol. The van der Waals surface area contributed by atoms with E-state index in [0.717, 1.165) is 30.0 Å². The molecule has 0 fully saturated rings. The van der Waals surface area contributed by atoms with Gasteiger partial charge in [-0.3, -0.25) is 4.79 Å². The fraction of sp³-hybridized carbons (Fsp3) is 0.615. The number of thiazole rings is 1. The summed E-state index contributed by atoms with van der Waals surface area (Å²) < 4.78 is 0. The lowest BCUT2D eigenvalue weighted by atomic mass is 10.3. The summed E-state index contributed by atoms with van der Waals surface area (Å²) in [6, 6.07) is -0.182. The third-order valence-electron chi connectivity index (χ3n) is 2.58. The average Bonchev–Trinajstić information content (AvgIpc) is 2.86. The number of hydrogen-bond donors (Lipinski definition) is 3. The predicted molar refractivity (Wildman–Crippen MR) is 79.9 cm³/mol. The number of rotatable bonds is 8. The summed E-state index contributed by atoms with van der Waals surface area (Å²) in [7, 11) is 0. The number of aryl methyl sites for hydroxylation is 1. The molecule has 0 aliphatic carbocycles. The molecule has 112 valence electrons. The van der Waals surface area contributed by atoms with Crippen molar-refractivity contribution >= 4 is 23.3 Å². The van der Waals surface area contributed by atoms with Gasteiger partial charge in [0.05, 0.1) is 10.7 Å². The smallest absolute Gasteiger partial charge is 0.314 e. The maximum atomic E-state index is 11.5. The SMILES string of the molecule is CCc1nc(CCNC(=O)NCCCNC(C)=O)cs1. The highest BCUT2D eigenvalue weighted by atomic mass is 32.1. The zero-order valence-electron chi connectivity index (χ0n) is 12.0. The fourth-order valence-electron chi connectivity index (χ4n) is 1.55. The van der Waals surface area contributed by atoms with Gasteiger partial charge in [0.2, 0.25) is 5.91 Å². The summed E-state index contributed by atoms with van der Waals surface area (Å²) in [6.07, 6.45) is 2.42. The summed E-state index contributed by atoms with van der Waals surface area (Å²) in [5.41, 5.74) is 1.03. The van der Waals surface area contributed by atoms with E-state index in [9.17, 15) is 9.59 Å². The summed E-state index contributed by atoms with van der Waals surface area (Å²) in [5.74, 6) is -0.0517. The molecule has 0 saturated carbocycles. The van der Waals surface area contributed by atoms with Gasteiger partial charge in [0.15, 0.2) is 0 Å². The van der Waals surface area contributed by atoms with Crippen molar-refractivity contribution < 1.29 is 9.59 Å². The summed E-state index contributed by atoms with van der Waals surface area (Å²) >= 11 is 1.66.